The van der Waals surface area contributed by atoms with Gasteiger partial charge in [-0.15, -0.1) is 11.3 Å². The van der Waals surface area contributed by atoms with Gasteiger partial charge in [-0.1, -0.05) is 19.4 Å². The molecule has 1 aromatic carbocycles. The van der Waals surface area contributed by atoms with Crippen LogP contribution < -0.4 is 15.0 Å². The van der Waals surface area contributed by atoms with Gasteiger partial charge in [0.2, 0.25) is 0 Å². The molecule has 132 valence electrons. The van der Waals surface area contributed by atoms with Crippen molar-refractivity contribution in [2.24, 2.45) is 0 Å². The van der Waals surface area contributed by atoms with E-state index in [9.17, 15) is 9.59 Å². The highest BCUT2D eigenvalue weighted by atomic mass is 32.1. The number of rotatable bonds is 6. The molecule has 6 nitrogen and oxygen atoms in total. The third kappa shape index (κ3) is 3.99. The van der Waals surface area contributed by atoms with Gasteiger partial charge in [0.05, 0.1) is 12.2 Å². The predicted octanol–water partition coefficient (Wildman–Crippen LogP) is 2.91. The van der Waals surface area contributed by atoms with Crippen molar-refractivity contribution >= 4 is 28.8 Å². The van der Waals surface area contributed by atoms with Crippen LogP contribution in [0.1, 0.15) is 40.8 Å². The van der Waals surface area contributed by atoms with E-state index in [0.29, 0.717) is 24.5 Å². The first-order valence-electron chi connectivity index (χ1n) is 8.35. The fourth-order valence-electron chi connectivity index (χ4n) is 2.58. The number of hydrogen-bond donors (Lipinski definition) is 1. The maximum atomic E-state index is 12.3. The Kier molecular flexibility index (Phi) is 5.33. The van der Waals surface area contributed by atoms with Crippen molar-refractivity contribution in [3.05, 3.63) is 39.8 Å². The van der Waals surface area contributed by atoms with Gasteiger partial charge in [0.15, 0.2) is 6.61 Å². The lowest BCUT2D eigenvalue weighted by atomic mass is 10.1. The number of amides is 2. The average Bonchev–Trinajstić information content (AvgIpc) is 3.06. The smallest absolute Gasteiger partial charge is 0.270 e. The number of carbonyl (C=O) groups excluding carboxylic acids is 2. The van der Waals surface area contributed by atoms with Crippen LogP contribution in [0.4, 0.5) is 5.69 Å². The highest BCUT2D eigenvalue weighted by Crippen LogP contribution is 2.34. The summed E-state index contributed by atoms with van der Waals surface area (Å²) in [6, 6.07) is 5.75. The summed E-state index contributed by atoms with van der Waals surface area (Å²) in [6.07, 6.45) is 1.97. The SMILES string of the molecule is CCCCNC(=O)c1csc(CN2C(=O)COc3cc(C)ccc32)n1. The molecular formula is C18H21N3O3S. The molecule has 25 heavy (non-hydrogen) atoms. The number of nitrogens with zero attached hydrogens (tertiary/aromatic N) is 2. The second kappa shape index (κ2) is 7.65. The summed E-state index contributed by atoms with van der Waals surface area (Å²) in [7, 11) is 0. The summed E-state index contributed by atoms with van der Waals surface area (Å²) in [5.41, 5.74) is 2.22. The summed E-state index contributed by atoms with van der Waals surface area (Å²) in [4.78, 5) is 30.4. The minimum absolute atomic E-state index is 0.0200. The van der Waals surface area contributed by atoms with Gasteiger partial charge in [0.25, 0.3) is 11.8 Å². The summed E-state index contributed by atoms with van der Waals surface area (Å²) in [6.45, 7) is 5.06. The zero-order valence-corrected chi connectivity index (χ0v) is 15.2. The van der Waals surface area contributed by atoms with Crippen molar-refractivity contribution in [3.63, 3.8) is 0 Å². The number of nitrogens with one attached hydrogen (secondary N) is 1. The number of anilines is 1. The summed E-state index contributed by atoms with van der Waals surface area (Å²) < 4.78 is 5.51. The molecule has 2 heterocycles. The monoisotopic (exact) mass is 359 g/mol. The van der Waals surface area contributed by atoms with E-state index in [1.165, 1.54) is 11.3 Å². The van der Waals surface area contributed by atoms with E-state index in [0.717, 1.165) is 29.1 Å². The van der Waals surface area contributed by atoms with Crippen LogP contribution in [0.3, 0.4) is 0 Å². The third-order valence-electron chi connectivity index (χ3n) is 3.95. The third-order valence-corrected chi connectivity index (χ3v) is 4.79. The van der Waals surface area contributed by atoms with E-state index in [4.69, 9.17) is 4.74 Å². The Morgan fingerprint density at radius 3 is 3.08 bits per heavy atom. The average molecular weight is 359 g/mol. The van der Waals surface area contributed by atoms with Crippen LogP contribution in [0.15, 0.2) is 23.6 Å². The molecule has 0 unspecified atom stereocenters. The van der Waals surface area contributed by atoms with Gasteiger partial charge in [0.1, 0.15) is 16.5 Å². The Morgan fingerprint density at radius 1 is 1.44 bits per heavy atom. The number of ether oxygens (including phenoxy) is 1. The predicted molar refractivity (Wildman–Crippen MR) is 97.2 cm³/mol. The highest BCUT2D eigenvalue weighted by Gasteiger charge is 2.26. The van der Waals surface area contributed by atoms with Crippen LogP contribution in [0, 0.1) is 6.92 Å². The van der Waals surface area contributed by atoms with Crippen LogP contribution in [0.5, 0.6) is 5.75 Å². The van der Waals surface area contributed by atoms with Gasteiger partial charge in [-0.3, -0.25) is 14.5 Å². The minimum Gasteiger partial charge on any atom is -0.482 e. The van der Waals surface area contributed by atoms with Crippen molar-refractivity contribution in [1.82, 2.24) is 10.3 Å². The largest absolute Gasteiger partial charge is 0.482 e. The maximum absolute atomic E-state index is 12.3. The van der Waals surface area contributed by atoms with Gasteiger partial charge in [0, 0.05) is 11.9 Å². The molecule has 1 N–H and O–H groups in total. The standard InChI is InChI=1S/C18H21N3O3S/c1-3-4-7-19-18(23)13-11-25-16(20-13)9-21-14-6-5-12(2)8-15(14)24-10-17(21)22/h5-6,8,11H,3-4,7,9-10H2,1-2H3,(H,19,23). The van der Waals surface area contributed by atoms with Crippen molar-refractivity contribution in [1.29, 1.82) is 0 Å². The zero-order valence-electron chi connectivity index (χ0n) is 14.4. The second-order valence-corrected chi connectivity index (χ2v) is 6.92. The van der Waals surface area contributed by atoms with Crippen LogP contribution in [-0.2, 0) is 11.3 Å². The number of carbonyl (C=O) groups is 2. The van der Waals surface area contributed by atoms with Gasteiger partial charge < -0.3 is 10.1 Å². The Morgan fingerprint density at radius 2 is 2.28 bits per heavy atom. The molecule has 0 saturated heterocycles. The van der Waals surface area contributed by atoms with Crippen molar-refractivity contribution in [2.45, 2.75) is 33.2 Å². The van der Waals surface area contributed by atoms with Crippen molar-refractivity contribution in [2.75, 3.05) is 18.1 Å². The van der Waals surface area contributed by atoms with Crippen LogP contribution in [-0.4, -0.2) is 29.9 Å². The van der Waals surface area contributed by atoms with Gasteiger partial charge in [-0.2, -0.15) is 0 Å². The number of benzene rings is 1. The van der Waals surface area contributed by atoms with Crippen LogP contribution in [0.2, 0.25) is 0 Å². The Bertz CT molecular complexity index is 788. The second-order valence-electron chi connectivity index (χ2n) is 5.98. The Labute approximate surface area is 150 Å². The van der Waals surface area contributed by atoms with E-state index in [1.807, 2.05) is 25.1 Å². The summed E-state index contributed by atoms with van der Waals surface area (Å²) in [5, 5.41) is 5.31. The molecule has 0 aliphatic carbocycles. The first kappa shape index (κ1) is 17.4. The topological polar surface area (TPSA) is 71.5 Å². The number of fused-ring (bicyclic) bond motifs is 1. The van der Waals surface area contributed by atoms with Crippen molar-refractivity contribution in [3.8, 4) is 5.75 Å². The zero-order chi connectivity index (χ0) is 17.8. The molecule has 1 aromatic heterocycles. The van der Waals surface area contributed by atoms with E-state index >= 15 is 0 Å². The van der Waals surface area contributed by atoms with Crippen molar-refractivity contribution < 1.29 is 14.3 Å². The maximum Gasteiger partial charge on any atom is 0.270 e. The lowest BCUT2D eigenvalue weighted by molar-refractivity contribution is -0.121. The molecular weight excluding hydrogens is 338 g/mol. The molecule has 3 rings (SSSR count). The quantitative estimate of drug-likeness (QED) is 0.805. The molecule has 1 aliphatic rings. The van der Waals surface area contributed by atoms with Gasteiger partial charge in [-0.05, 0) is 31.0 Å². The van der Waals surface area contributed by atoms with E-state index in [2.05, 4.69) is 17.2 Å². The van der Waals surface area contributed by atoms with E-state index in [1.54, 1.807) is 10.3 Å². The number of aromatic nitrogens is 1. The number of hydrogen-bond acceptors (Lipinski definition) is 5. The lowest BCUT2D eigenvalue weighted by Gasteiger charge is -2.28. The van der Waals surface area contributed by atoms with Gasteiger partial charge >= 0.3 is 0 Å². The molecule has 7 heteroatoms. The number of unbranched alkanes of at least 4 members (excludes halogenated alkanes) is 1. The van der Waals surface area contributed by atoms with Crippen LogP contribution in [0.25, 0.3) is 0 Å². The number of thiazole rings is 1. The number of aryl methyl sites for hydroxylation is 1. The molecule has 0 atom stereocenters. The summed E-state index contributed by atoms with van der Waals surface area (Å²) in [5.74, 6) is 0.425. The Hall–Kier alpha value is -2.41. The molecule has 0 saturated carbocycles. The van der Waals surface area contributed by atoms with Gasteiger partial charge in [-0.25, -0.2) is 4.98 Å². The minimum atomic E-state index is -0.166. The van der Waals surface area contributed by atoms with E-state index in [-0.39, 0.29) is 18.4 Å². The highest BCUT2D eigenvalue weighted by molar-refractivity contribution is 7.09. The van der Waals surface area contributed by atoms with E-state index < -0.39 is 0 Å². The fraction of sp³-hybridized carbons (Fsp3) is 0.389. The molecule has 1 aliphatic heterocycles. The molecule has 0 bridgehead atoms. The molecule has 2 aromatic rings. The first-order valence-corrected chi connectivity index (χ1v) is 9.23. The Balaban J connectivity index is 1.73. The summed E-state index contributed by atoms with van der Waals surface area (Å²) >= 11 is 1.38. The lowest BCUT2D eigenvalue weighted by Crippen LogP contribution is -2.38. The fourth-order valence-corrected chi connectivity index (χ4v) is 3.34. The molecule has 0 radical (unpaired) electrons. The molecule has 2 amide bonds. The molecule has 0 fully saturated rings. The molecule has 0 spiro atoms. The van der Waals surface area contributed by atoms with Crippen LogP contribution >= 0.6 is 11.3 Å². The normalized spacial score (nSPS) is 13.4. The first-order chi connectivity index (χ1) is 12.1.